The van der Waals surface area contributed by atoms with Gasteiger partial charge in [-0.3, -0.25) is 19.4 Å². The van der Waals surface area contributed by atoms with Crippen LogP contribution in [0.5, 0.6) is 5.75 Å². The fourth-order valence-corrected chi connectivity index (χ4v) is 3.92. The molecule has 0 unspecified atom stereocenters. The van der Waals surface area contributed by atoms with E-state index in [9.17, 15) is 9.59 Å². The normalized spacial score (nSPS) is 17.2. The van der Waals surface area contributed by atoms with E-state index < -0.39 is 0 Å². The molecule has 0 N–H and O–H groups in total. The Morgan fingerprint density at radius 2 is 1.43 bits per heavy atom. The van der Waals surface area contributed by atoms with Gasteiger partial charge in [-0.15, -0.1) is 0 Å². The predicted octanol–water partition coefficient (Wildman–Crippen LogP) is 2.50. The van der Waals surface area contributed by atoms with Crippen molar-refractivity contribution < 1.29 is 14.3 Å². The number of fused-ring (bicyclic) bond motifs is 1. The van der Waals surface area contributed by atoms with E-state index in [0.717, 1.165) is 44.9 Å². The van der Waals surface area contributed by atoms with Gasteiger partial charge < -0.3 is 9.64 Å². The van der Waals surface area contributed by atoms with Crippen LogP contribution in [0.1, 0.15) is 27.1 Å². The second-order valence-corrected chi connectivity index (χ2v) is 7.19. The molecule has 0 saturated carbocycles. The van der Waals surface area contributed by atoms with Crippen molar-refractivity contribution in [2.45, 2.75) is 6.42 Å². The Morgan fingerprint density at radius 3 is 2.00 bits per heavy atom. The molecule has 6 heteroatoms. The summed E-state index contributed by atoms with van der Waals surface area (Å²) in [5.74, 6) is 0.547. The molecule has 0 radical (unpaired) electrons. The van der Waals surface area contributed by atoms with Crippen molar-refractivity contribution in [2.24, 2.45) is 0 Å². The summed E-state index contributed by atoms with van der Waals surface area (Å²) in [7, 11) is 1.68. The zero-order valence-corrected chi connectivity index (χ0v) is 16.1. The first-order valence-electron chi connectivity index (χ1n) is 9.74. The molecule has 0 bridgehead atoms. The average Bonchev–Trinajstić information content (AvgIpc) is 2.99. The number of anilines is 1. The first-order chi connectivity index (χ1) is 13.7. The number of imide groups is 1. The van der Waals surface area contributed by atoms with Gasteiger partial charge in [0.05, 0.1) is 18.2 Å². The van der Waals surface area contributed by atoms with E-state index in [1.54, 1.807) is 31.4 Å². The Kier molecular flexibility index (Phi) is 5.30. The fourth-order valence-electron chi connectivity index (χ4n) is 3.92. The quantitative estimate of drug-likeness (QED) is 0.722. The summed E-state index contributed by atoms with van der Waals surface area (Å²) in [5, 5.41) is 0. The minimum atomic E-state index is -0.162. The van der Waals surface area contributed by atoms with Gasteiger partial charge in [0, 0.05) is 38.4 Å². The van der Waals surface area contributed by atoms with Crippen LogP contribution < -0.4 is 9.64 Å². The highest BCUT2D eigenvalue weighted by atomic mass is 16.5. The number of ether oxygens (including phenoxy) is 1. The molecular weight excluding hydrogens is 354 g/mol. The van der Waals surface area contributed by atoms with Crippen molar-refractivity contribution in [3.63, 3.8) is 0 Å². The third-order valence-corrected chi connectivity index (χ3v) is 5.54. The van der Waals surface area contributed by atoms with Crippen LogP contribution in [0, 0.1) is 0 Å². The van der Waals surface area contributed by atoms with Gasteiger partial charge in [-0.1, -0.05) is 12.1 Å². The third kappa shape index (κ3) is 3.60. The van der Waals surface area contributed by atoms with E-state index in [-0.39, 0.29) is 11.8 Å². The third-order valence-electron chi connectivity index (χ3n) is 5.54. The van der Waals surface area contributed by atoms with E-state index in [2.05, 4.69) is 21.9 Å². The minimum Gasteiger partial charge on any atom is -0.497 e. The van der Waals surface area contributed by atoms with E-state index in [1.807, 2.05) is 12.1 Å². The molecule has 0 aromatic heterocycles. The summed E-state index contributed by atoms with van der Waals surface area (Å²) in [6.07, 6.45) is 0.800. The van der Waals surface area contributed by atoms with Gasteiger partial charge in [0.25, 0.3) is 11.8 Å². The van der Waals surface area contributed by atoms with E-state index >= 15 is 0 Å². The van der Waals surface area contributed by atoms with Gasteiger partial charge in [-0.25, -0.2) is 0 Å². The fraction of sp³-hybridized carbons (Fsp3) is 0.364. The number of carbonyl (C=O) groups excluding carboxylic acids is 2. The van der Waals surface area contributed by atoms with Gasteiger partial charge in [-0.2, -0.15) is 0 Å². The molecule has 2 aromatic carbocycles. The molecule has 6 nitrogen and oxygen atoms in total. The summed E-state index contributed by atoms with van der Waals surface area (Å²) in [5.41, 5.74) is 2.27. The number of hydrogen-bond acceptors (Lipinski definition) is 5. The minimum absolute atomic E-state index is 0.162. The van der Waals surface area contributed by atoms with Crippen molar-refractivity contribution in [1.82, 2.24) is 9.80 Å². The van der Waals surface area contributed by atoms with Crippen LogP contribution in [0.25, 0.3) is 0 Å². The van der Waals surface area contributed by atoms with Crippen LogP contribution in [0.2, 0.25) is 0 Å². The van der Waals surface area contributed by atoms with E-state index in [1.165, 1.54) is 10.6 Å². The highest BCUT2D eigenvalue weighted by Gasteiger charge is 2.34. The molecule has 1 fully saturated rings. The Hall–Kier alpha value is -2.86. The Balaban J connectivity index is 1.24. The van der Waals surface area contributed by atoms with E-state index in [4.69, 9.17) is 4.74 Å². The first-order valence-corrected chi connectivity index (χ1v) is 9.74. The topological polar surface area (TPSA) is 53.1 Å². The summed E-state index contributed by atoms with van der Waals surface area (Å²) in [6.45, 7) is 5.27. The maximum atomic E-state index is 12.4. The number of nitrogens with zero attached hydrogens (tertiary/aromatic N) is 3. The Labute approximate surface area is 165 Å². The largest absolute Gasteiger partial charge is 0.497 e. The summed E-state index contributed by atoms with van der Waals surface area (Å²) < 4.78 is 5.22. The molecule has 2 aliphatic heterocycles. The first kappa shape index (κ1) is 18.5. The Bertz CT molecular complexity index is 823. The van der Waals surface area contributed by atoms with Crippen LogP contribution in [-0.2, 0) is 0 Å². The lowest BCUT2D eigenvalue weighted by atomic mass is 10.1. The molecule has 2 amide bonds. The molecule has 28 heavy (non-hydrogen) atoms. The van der Waals surface area contributed by atoms with Crippen LogP contribution in [0.3, 0.4) is 0 Å². The number of rotatable bonds is 6. The smallest absolute Gasteiger partial charge is 0.261 e. The summed E-state index contributed by atoms with van der Waals surface area (Å²) in [6, 6.07) is 15.2. The number of piperazine rings is 1. The molecule has 2 aromatic rings. The second-order valence-electron chi connectivity index (χ2n) is 7.19. The van der Waals surface area contributed by atoms with Gasteiger partial charge in [0.2, 0.25) is 0 Å². The van der Waals surface area contributed by atoms with Gasteiger partial charge in [0.1, 0.15) is 5.75 Å². The summed E-state index contributed by atoms with van der Waals surface area (Å²) in [4.78, 5) is 31.0. The standard InChI is InChI=1S/C22H25N3O3/c1-28-18-9-7-17(8-10-18)24-15-13-23(14-16-24)11-4-12-25-21(26)19-5-2-3-6-20(19)22(25)27/h2-3,5-10H,4,11-16H2,1H3. The Morgan fingerprint density at radius 1 is 0.821 bits per heavy atom. The monoisotopic (exact) mass is 379 g/mol. The van der Waals surface area contributed by atoms with Crippen LogP contribution >= 0.6 is 0 Å². The molecule has 146 valence electrons. The molecule has 4 rings (SSSR count). The number of benzene rings is 2. The molecule has 0 atom stereocenters. The predicted molar refractivity (Wildman–Crippen MR) is 108 cm³/mol. The maximum Gasteiger partial charge on any atom is 0.261 e. The molecular formula is C22H25N3O3. The van der Waals surface area contributed by atoms with Crippen molar-refractivity contribution in [3.8, 4) is 5.75 Å². The zero-order valence-electron chi connectivity index (χ0n) is 16.1. The number of carbonyl (C=O) groups is 2. The second kappa shape index (κ2) is 8.02. The number of amides is 2. The highest BCUT2D eigenvalue weighted by molar-refractivity contribution is 6.21. The van der Waals surface area contributed by atoms with Crippen molar-refractivity contribution in [3.05, 3.63) is 59.7 Å². The molecule has 2 aliphatic rings. The summed E-state index contributed by atoms with van der Waals surface area (Å²) >= 11 is 0. The number of hydrogen-bond donors (Lipinski definition) is 0. The van der Waals surface area contributed by atoms with Gasteiger partial charge >= 0.3 is 0 Å². The van der Waals surface area contributed by atoms with Crippen molar-refractivity contribution >= 4 is 17.5 Å². The SMILES string of the molecule is COc1ccc(N2CCN(CCCN3C(=O)c4ccccc4C3=O)CC2)cc1. The lowest BCUT2D eigenvalue weighted by Gasteiger charge is -2.36. The van der Waals surface area contributed by atoms with Crippen molar-refractivity contribution in [1.29, 1.82) is 0 Å². The van der Waals surface area contributed by atoms with E-state index in [0.29, 0.717) is 17.7 Å². The highest BCUT2D eigenvalue weighted by Crippen LogP contribution is 2.23. The van der Waals surface area contributed by atoms with Crippen LogP contribution in [0.4, 0.5) is 5.69 Å². The van der Waals surface area contributed by atoms with Gasteiger partial charge in [-0.05, 0) is 49.4 Å². The molecule has 2 heterocycles. The molecule has 1 saturated heterocycles. The number of methoxy groups -OCH3 is 1. The molecule has 0 spiro atoms. The average molecular weight is 379 g/mol. The van der Waals surface area contributed by atoms with Crippen molar-refractivity contribution in [2.75, 3.05) is 51.3 Å². The molecule has 0 aliphatic carbocycles. The lowest BCUT2D eigenvalue weighted by Crippen LogP contribution is -2.47. The van der Waals surface area contributed by atoms with Crippen LogP contribution in [-0.4, -0.2) is 68.0 Å². The lowest BCUT2D eigenvalue weighted by molar-refractivity contribution is 0.0647. The zero-order chi connectivity index (χ0) is 19.5. The maximum absolute atomic E-state index is 12.4. The van der Waals surface area contributed by atoms with Gasteiger partial charge in [0.15, 0.2) is 0 Å². The van der Waals surface area contributed by atoms with Crippen LogP contribution in [0.15, 0.2) is 48.5 Å².